The maximum atomic E-state index is 11.8. The molecule has 2 N–H and O–H groups in total. The van der Waals surface area contributed by atoms with Crippen molar-refractivity contribution >= 4 is 5.91 Å². The number of likely N-dealkylation sites (tertiary alicyclic amines) is 1. The first-order valence-corrected chi connectivity index (χ1v) is 8.01. The topological polar surface area (TPSA) is 75.4 Å². The third-order valence-corrected chi connectivity index (χ3v) is 4.06. The van der Waals surface area contributed by atoms with Crippen molar-refractivity contribution < 1.29 is 4.79 Å². The van der Waals surface area contributed by atoms with Crippen molar-refractivity contribution in [2.75, 3.05) is 33.7 Å². The maximum absolute atomic E-state index is 11.8. The fourth-order valence-electron chi connectivity index (χ4n) is 2.86. The van der Waals surface area contributed by atoms with E-state index in [1.165, 1.54) is 0 Å². The zero-order valence-electron chi connectivity index (χ0n) is 13.7. The summed E-state index contributed by atoms with van der Waals surface area (Å²) in [5.74, 6) is 0.782. The van der Waals surface area contributed by atoms with E-state index < -0.39 is 0 Å². The molecule has 1 saturated heterocycles. The van der Waals surface area contributed by atoms with Crippen LogP contribution in [0.1, 0.15) is 30.7 Å². The second-order valence-electron chi connectivity index (χ2n) is 6.30. The predicted octanol–water partition coefficient (Wildman–Crippen LogP) is 0.668. The van der Waals surface area contributed by atoms with Crippen LogP contribution in [-0.2, 0) is 17.8 Å². The minimum Gasteiger partial charge on any atom is -0.343 e. The van der Waals surface area contributed by atoms with Gasteiger partial charge in [-0.2, -0.15) is 0 Å². The smallest absolute Gasteiger partial charge is 0.223 e. The van der Waals surface area contributed by atoms with Gasteiger partial charge in [0.2, 0.25) is 5.91 Å². The van der Waals surface area contributed by atoms with Crippen LogP contribution in [-0.4, -0.2) is 59.4 Å². The first kappa shape index (κ1) is 16.8. The van der Waals surface area contributed by atoms with Crippen LogP contribution in [0.15, 0.2) is 12.4 Å². The molecule has 2 heterocycles. The summed E-state index contributed by atoms with van der Waals surface area (Å²) >= 11 is 0. The molecule has 0 spiro atoms. The van der Waals surface area contributed by atoms with Crippen molar-refractivity contribution in [1.82, 2.24) is 19.8 Å². The Morgan fingerprint density at radius 1 is 1.27 bits per heavy atom. The highest BCUT2D eigenvalue weighted by Gasteiger charge is 2.22. The zero-order chi connectivity index (χ0) is 15.9. The molecule has 0 aromatic carbocycles. The molecule has 1 amide bonds. The Labute approximate surface area is 132 Å². The molecule has 1 aliphatic rings. The van der Waals surface area contributed by atoms with Crippen molar-refractivity contribution in [3.8, 4) is 0 Å². The molecule has 122 valence electrons. The Bertz CT molecular complexity index is 466. The summed E-state index contributed by atoms with van der Waals surface area (Å²) in [6.07, 6.45) is 7.26. The normalized spacial score (nSPS) is 16.3. The highest BCUT2D eigenvalue weighted by atomic mass is 16.2. The van der Waals surface area contributed by atoms with Crippen LogP contribution in [0.2, 0.25) is 0 Å². The largest absolute Gasteiger partial charge is 0.343 e. The molecule has 0 atom stereocenters. The summed E-state index contributed by atoms with van der Waals surface area (Å²) in [5, 5.41) is 0. The Kier molecular flexibility index (Phi) is 6.27. The number of nitrogens with zero attached hydrogens (tertiary/aromatic N) is 4. The van der Waals surface area contributed by atoms with E-state index in [0.29, 0.717) is 18.9 Å². The first-order valence-electron chi connectivity index (χ1n) is 8.01. The molecule has 0 radical (unpaired) electrons. The molecule has 1 fully saturated rings. The van der Waals surface area contributed by atoms with Gasteiger partial charge in [-0.25, -0.2) is 0 Å². The predicted molar refractivity (Wildman–Crippen MR) is 86.1 cm³/mol. The van der Waals surface area contributed by atoms with Crippen molar-refractivity contribution in [3.63, 3.8) is 0 Å². The van der Waals surface area contributed by atoms with Gasteiger partial charge in [-0.3, -0.25) is 14.8 Å². The van der Waals surface area contributed by atoms with Gasteiger partial charge in [0.25, 0.3) is 0 Å². The Morgan fingerprint density at radius 3 is 2.45 bits per heavy atom. The van der Waals surface area contributed by atoms with Gasteiger partial charge < -0.3 is 15.5 Å². The molecular formula is C16H27N5O. The minimum absolute atomic E-state index is 0.189. The molecule has 1 aromatic heterocycles. The second-order valence-corrected chi connectivity index (χ2v) is 6.30. The fourth-order valence-corrected chi connectivity index (χ4v) is 2.86. The van der Waals surface area contributed by atoms with Gasteiger partial charge in [-0.05, 0) is 39.3 Å². The molecule has 1 aliphatic heterocycles. The average molecular weight is 305 g/mol. The van der Waals surface area contributed by atoms with Crippen LogP contribution in [0, 0.1) is 5.92 Å². The van der Waals surface area contributed by atoms with Gasteiger partial charge in [-0.1, -0.05) is 0 Å². The third-order valence-electron chi connectivity index (χ3n) is 4.06. The molecule has 0 saturated carbocycles. The molecule has 2 rings (SSSR count). The van der Waals surface area contributed by atoms with E-state index in [1.807, 2.05) is 31.4 Å². The number of hydrogen-bond donors (Lipinski definition) is 1. The van der Waals surface area contributed by atoms with Crippen molar-refractivity contribution in [1.29, 1.82) is 0 Å². The summed E-state index contributed by atoms with van der Waals surface area (Å²) in [4.78, 5) is 24.8. The van der Waals surface area contributed by atoms with E-state index >= 15 is 0 Å². The van der Waals surface area contributed by atoms with E-state index in [1.54, 1.807) is 0 Å². The van der Waals surface area contributed by atoms with Crippen LogP contribution >= 0.6 is 0 Å². The van der Waals surface area contributed by atoms with Gasteiger partial charge in [0, 0.05) is 38.8 Å². The Morgan fingerprint density at radius 2 is 1.91 bits per heavy atom. The minimum atomic E-state index is 0.189. The molecule has 22 heavy (non-hydrogen) atoms. The highest BCUT2D eigenvalue weighted by molar-refractivity contribution is 5.76. The lowest BCUT2D eigenvalue weighted by atomic mass is 9.92. The molecule has 6 heteroatoms. The lowest BCUT2D eigenvalue weighted by Crippen LogP contribution is -2.39. The third kappa shape index (κ3) is 5.03. The van der Waals surface area contributed by atoms with Crippen molar-refractivity contribution in [2.45, 2.75) is 32.2 Å². The summed E-state index contributed by atoms with van der Waals surface area (Å²) in [5.41, 5.74) is 7.49. The van der Waals surface area contributed by atoms with Gasteiger partial charge in [-0.15, -0.1) is 0 Å². The van der Waals surface area contributed by atoms with Crippen LogP contribution < -0.4 is 5.73 Å². The Balaban J connectivity index is 1.79. The SMILES string of the molecule is CN(C)Cc1cnc(CC2CCN(C(=O)CCN)CC2)cn1. The molecule has 0 aliphatic carbocycles. The number of carbonyl (C=O) groups excluding carboxylic acids is 1. The number of aromatic nitrogens is 2. The summed E-state index contributed by atoms with van der Waals surface area (Å²) < 4.78 is 0. The molecule has 0 bridgehead atoms. The standard InChI is InChI=1S/C16H27N5O/c1-20(2)12-15-11-18-14(10-19-15)9-13-4-7-21(8-5-13)16(22)3-6-17/h10-11,13H,3-9,12,17H2,1-2H3. The molecule has 1 aromatic rings. The highest BCUT2D eigenvalue weighted by Crippen LogP contribution is 2.21. The number of piperidine rings is 1. The number of hydrogen-bond acceptors (Lipinski definition) is 5. The molecular weight excluding hydrogens is 278 g/mol. The molecule has 0 unspecified atom stereocenters. The van der Waals surface area contributed by atoms with Gasteiger partial charge in [0.05, 0.1) is 17.6 Å². The number of amides is 1. The Hall–Kier alpha value is -1.53. The summed E-state index contributed by atoms with van der Waals surface area (Å²) in [6, 6.07) is 0. The van der Waals surface area contributed by atoms with Gasteiger partial charge >= 0.3 is 0 Å². The van der Waals surface area contributed by atoms with Crippen molar-refractivity contribution in [2.24, 2.45) is 11.7 Å². The van der Waals surface area contributed by atoms with Gasteiger partial charge in [0.15, 0.2) is 0 Å². The molecule has 6 nitrogen and oxygen atoms in total. The fraction of sp³-hybridized carbons (Fsp3) is 0.688. The quantitative estimate of drug-likeness (QED) is 0.836. The van der Waals surface area contributed by atoms with Crippen LogP contribution in [0.3, 0.4) is 0 Å². The number of rotatable bonds is 6. The van der Waals surface area contributed by atoms with Gasteiger partial charge in [0.1, 0.15) is 0 Å². The monoisotopic (exact) mass is 305 g/mol. The maximum Gasteiger partial charge on any atom is 0.223 e. The summed E-state index contributed by atoms with van der Waals surface area (Å²) in [7, 11) is 4.05. The van der Waals surface area contributed by atoms with E-state index in [-0.39, 0.29) is 5.91 Å². The van der Waals surface area contributed by atoms with Crippen molar-refractivity contribution in [3.05, 3.63) is 23.8 Å². The average Bonchev–Trinajstić information content (AvgIpc) is 2.50. The van der Waals surface area contributed by atoms with Crippen LogP contribution in [0.4, 0.5) is 0 Å². The second kappa shape index (κ2) is 8.19. The number of nitrogens with two attached hydrogens (primary N) is 1. The van der Waals surface area contributed by atoms with E-state index in [2.05, 4.69) is 14.9 Å². The number of carbonyl (C=O) groups is 1. The van der Waals surface area contributed by atoms with Crippen LogP contribution in [0.25, 0.3) is 0 Å². The lowest BCUT2D eigenvalue weighted by Gasteiger charge is -2.32. The van der Waals surface area contributed by atoms with E-state index in [4.69, 9.17) is 5.73 Å². The summed E-state index contributed by atoms with van der Waals surface area (Å²) in [6.45, 7) is 2.94. The zero-order valence-corrected chi connectivity index (χ0v) is 13.7. The van der Waals surface area contributed by atoms with E-state index in [9.17, 15) is 4.79 Å². The van der Waals surface area contributed by atoms with E-state index in [0.717, 1.165) is 50.3 Å². The lowest BCUT2D eigenvalue weighted by molar-refractivity contribution is -0.132. The van der Waals surface area contributed by atoms with Crippen LogP contribution in [0.5, 0.6) is 0 Å². The first-order chi connectivity index (χ1) is 10.6.